The van der Waals surface area contributed by atoms with Crippen LogP contribution in [0.1, 0.15) is 17.3 Å². The topological polar surface area (TPSA) is 46.2 Å². The summed E-state index contributed by atoms with van der Waals surface area (Å²) in [5.74, 6) is -2.24. The summed E-state index contributed by atoms with van der Waals surface area (Å²) < 4.78 is 36.1. The highest BCUT2D eigenvalue weighted by molar-refractivity contribution is 6.00. The van der Waals surface area contributed by atoms with Gasteiger partial charge in [0.15, 0.2) is 0 Å². The van der Waals surface area contributed by atoms with E-state index in [1.165, 1.54) is 19.1 Å². The normalized spacial score (nSPS) is 11.0. The lowest BCUT2D eigenvalue weighted by Gasteiger charge is -2.06. The summed E-state index contributed by atoms with van der Waals surface area (Å²) in [7, 11) is 0. The second kappa shape index (κ2) is 4.34. The number of carbonyl (C=O) groups is 2. The third kappa shape index (κ3) is 3.08. The molecule has 0 atom stereocenters. The van der Waals surface area contributed by atoms with Gasteiger partial charge in [0.05, 0.1) is 0 Å². The first-order valence-electron chi connectivity index (χ1n) is 4.30. The van der Waals surface area contributed by atoms with Crippen LogP contribution in [0.5, 0.6) is 0 Å². The maximum atomic E-state index is 12.0. The zero-order chi connectivity index (χ0) is 12.3. The number of anilines is 1. The zero-order valence-corrected chi connectivity index (χ0v) is 8.26. The van der Waals surface area contributed by atoms with Gasteiger partial charge in [0.25, 0.3) is 5.78 Å². The molecule has 0 spiro atoms. The fourth-order valence-corrected chi connectivity index (χ4v) is 1.07. The van der Waals surface area contributed by atoms with Crippen molar-refractivity contribution in [1.29, 1.82) is 0 Å². The quantitative estimate of drug-likeness (QED) is 0.794. The lowest BCUT2D eigenvalue weighted by Crippen LogP contribution is -2.22. The Morgan fingerprint density at radius 1 is 1.12 bits per heavy atom. The number of halogens is 3. The van der Waals surface area contributed by atoms with Gasteiger partial charge in [-0.1, -0.05) is 0 Å². The first-order valence-corrected chi connectivity index (χ1v) is 4.30. The van der Waals surface area contributed by atoms with Crippen LogP contribution in [-0.4, -0.2) is 17.9 Å². The fourth-order valence-electron chi connectivity index (χ4n) is 1.07. The summed E-state index contributed by atoms with van der Waals surface area (Å²) in [5, 5.41) is 2.38. The lowest BCUT2D eigenvalue weighted by atomic mass is 10.1. The monoisotopic (exact) mass is 231 g/mol. The van der Waals surface area contributed by atoms with Crippen LogP contribution in [-0.2, 0) is 4.79 Å². The summed E-state index contributed by atoms with van der Waals surface area (Å²) in [5.41, 5.74) is -0.118. The van der Waals surface area contributed by atoms with E-state index in [1.54, 1.807) is 0 Å². The highest BCUT2D eigenvalue weighted by atomic mass is 19.4. The molecule has 0 radical (unpaired) electrons. The van der Waals surface area contributed by atoms with Gasteiger partial charge < -0.3 is 5.32 Å². The van der Waals surface area contributed by atoms with E-state index in [0.29, 0.717) is 5.69 Å². The molecule has 16 heavy (non-hydrogen) atoms. The maximum absolute atomic E-state index is 12.0. The number of alkyl halides is 3. The molecule has 0 aliphatic heterocycles. The third-order valence-corrected chi connectivity index (χ3v) is 1.72. The maximum Gasteiger partial charge on any atom is 0.454 e. The fraction of sp³-hybridized carbons (Fsp3) is 0.200. The largest absolute Gasteiger partial charge is 0.454 e. The molecule has 0 unspecified atom stereocenters. The second-order valence-corrected chi connectivity index (χ2v) is 3.09. The lowest BCUT2D eigenvalue weighted by molar-refractivity contribution is -0.114. The Labute approximate surface area is 89.3 Å². The molecule has 0 bridgehead atoms. The summed E-state index contributed by atoms with van der Waals surface area (Å²) >= 11 is 0. The summed E-state index contributed by atoms with van der Waals surface area (Å²) in [4.78, 5) is 21.4. The predicted octanol–water partition coefficient (Wildman–Crippen LogP) is 2.39. The Kier molecular flexibility index (Phi) is 3.31. The van der Waals surface area contributed by atoms with Crippen molar-refractivity contribution in [2.75, 3.05) is 5.32 Å². The highest BCUT2D eigenvalue weighted by Crippen LogP contribution is 2.22. The van der Waals surface area contributed by atoms with E-state index >= 15 is 0 Å². The molecule has 86 valence electrons. The van der Waals surface area contributed by atoms with E-state index in [4.69, 9.17) is 0 Å². The van der Waals surface area contributed by atoms with Crippen LogP contribution >= 0.6 is 0 Å². The van der Waals surface area contributed by atoms with Crippen LogP contribution in [0.4, 0.5) is 18.9 Å². The van der Waals surface area contributed by atoms with Gasteiger partial charge in [-0.3, -0.25) is 9.59 Å². The number of hydrogen-bond donors (Lipinski definition) is 1. The minimum absolute atomic E-state index is 0.338. The molecule has 1 N–H and O–H groups in total. The van der Waals surface area contributed by atoms with Gasteiger partial charge >= 0.3 is 6.18 Å². The van der Waals surface area contributed by atoms with Crippen molar-refractivity contribution in [3.05, 3.63) is 29.8 Å². The second-order valence-electron chi connectivity index (χ2n) is 3.09. The molecular formula is C10H8F3NO2. The van der Waals surface area contributed by atoms with Crippen LogP contribution in [0, 0.1) is 0 Å². The predicted molar refractivity (Wildman–Crippen MR) is 51.1 cm³/mol. The molecule has 3 nitrogen and oxygen atoms in total. The molecule has 1 rings (SSSR count). The van der Waals surface area contributed by atoms with Crippen LogP contribution in [0.25, 0.3) is 0 Å². The van der Waals surface area contributed by atoms with Crippen molar-refractivity contribution in [2.45, 2.75) is 13.1 Å². The Hall–Kier alpha value is -1.85. The Balaban J connectivity index is 2.87. The van der Waals surface area contributed by atoms with Crippen molar-refractivity contribution in [3.8, 4) is 0 Å². The average Bonchev–Trinajstić information content (AvgIpc) is 2.15. The molecule has 0 aliphatic rings. The molecular weight excluding hydrogens is 223 g/mol. The minimum Gasteiger partial charge on any atom is -0.326 e. The number of Topliss-reactive ketones (excluding diaryl/α,β-unsaturated/α-hetero) is 1. The van der Waals surface area contributed by atoms with E-state index in [2.05, 4.69) is 5.32 Å². The highest BCUT2D eigenvalue weighted by Gasteiger charge is 2.39. The average molecular weight is 231 g/mol. The van der Waals surface area contributed by atoms with Crippen LogP contribution < -0.4 is 5.32 Å². The molecule has 1 aromatic rings. The van der Waals surface area contributed by atoms with Crippen molar-refractivity contribution in [1.82, 2.24) is 0 Å². The van der Waals surface area contributed by atoms with Gasteiger partial charge in [-0.05, 0) is 24.3 Å². The number of amides is 1. The van der Waals surface area contributed by atoms with Gasteiger partial charge in [-0.25, -0.2) is 0 Å². The molecule has 0 aromatic heterocycles. The van der Waals surface area contributed by atoms with Gasteiger partial charge in [-0.15, -0.1) is 0 Å². The number of benzene rings is 1. The van der Waals surface area contributed by atoms with Gasteiger partial charge in [-0.2, -0.15) is 13.2 Å². The van der Waals surface area contributed by atoms with Crippen LogP contribution in [0.15, 0.2) is 24.3 Å². The van der Waals surface area contributed by atoms with Crippen molar-refractivity contribution in [2.24, 2.45) is 0 Å². The molecule has 6 heteroatoms. The van der Waals surface area contributed by atoms with E-state index in [1.807, 2.05) is 0 Å². The SMILES string of the molecule is CC(=O)Nc1ccc(C(=O)C(F)(F)F)cc1. The van der Waals surface area contributed by atoms with Crippen molar-refractivity contribution >= 4 is 17.4 Å². The Morgan fingerprint density at radius 3 is 2.00 bits per heavy atom. The summed E-state index contributed by atoms with van der Waals surface area (Å²) in [6, 6.07) is 4.50. The third-order valence-electron chi connectivity index (χ3n) is 1.72. The number of hydrogen-bond acceptors (Lipinski definition) is 2. The first kappa shape index (κ1) is 12.2. The molecule has 1 aromatic carbocycles. The molecule has 1 amide bonds. The van der Waals surface area contributed by atoms with E-state index in [-0.39, 0.29) is 5.91 Å². The van der Waals surface area contributed by atoms with E-state index < -0.39 is 17.5 Å². The number of rotatable bonds is 2. The molecule has 0 heterocycles. The minimum atomic E-state index is -4.88. The number of ketones is 1. The van der Waals surface area contributed by atoms with E-state index in [0.717, 1.165) is 12.1 Å². The van der Waals surface area contributed by atoms with Crippen LogP contribution in [0.2, 0.25) is 0 Å². The molecule has 0 aliphatic carbocycles. The molecule has 0 saturated carbocycles. The standard InChI is InChI=1S/C10H8F3NO2/c1-6(15)14-8-4-2-7(3-5-8)9(16)10(11,12)13/h2-5H,1H3,(H,14,15). The summed E-state index contributed by atoms with van der Waals surface area (Å²) in [6.45, 7) is 1.27. The van der Waals surface area contributed by atoms with Gasteiger partial charge in [0.1, 0.15) is 0 Å². The number of carbonyl (C=O) groups excluding carboxylic acids is 2. The first-order chi connectivity index (χ1) is 7.30. The molecule has 0 fully saturated rings. The van der Waals surface area contributed by atoms with Crippen molar-refractivity contribution in [3.63, 3.8) is 0 Å². The van der Waals surface area contributed by atoms with Crippen LogP contribution in [0.3, 0.4) is 0 Å². The van der Waals surface area contributed by atoms with Gasteiger partial charge in [0, 0.05) is 18.2 Å². The van der Waals surface area contributed by atoms with Crippen molar-refractivity contribution < 1.29 is 22.8 Å². The summed E-state index contributed by atoms with van der Waals surface area (Å²) in [6.07, 6.45) is -4.88. The molecule has 0 saturated heterocycles. The Bertz CT molecular complexity index is 409. The van der Waals surface area contributed by atoms with Gasteiger partial charge in [0.2, 0.25) is 5.91 Å². The Morgan fingerprint density at radius 2 is 1.62 bits per heavy atom. The zero-order valence-electron chi connectivity index (χ0n) is 8.26. The number of nitrogens with one attached hydrogen (secondary N) is 1. The van der Waals surface area contributed by atoms with E-state index in [9.17, 15) is 22.8 Å². The smallest absolute Gasteiger partial charge is 0.326 e.